The number of aromatic nitrogens is 1. The Hall–Kier alpha value is -2.81. The predicted octanol–water partition coefficient (Wildman–Crippen LogP) is 6.11. The van der Waals surface area contributed by atoms with Crippen LogP contribution in [0.2, 0.25) is 0 Å². The van der Waals surface area contributed by atoms with Crippen LogP contribution in [0.3, 0.4) is 0 Å². The van der Waals surface area contributed by atoms with Crippen molar-refractivity contribution in [3.8, 4) is 11.3 Å². The van der Waals surface area contributed by atoms with E-state index in [1.807, 2.05) is 6.07 Å². The molecule has 0 atom stereocenters. The summed E-state index contributed by atoms with van der Waals surface area (Å²) in [6, 6.07) is 15.0. The number of carboxylic acids is 1. The summed E-state index contributed by atoms with van der Waals surface area (Å²) in [7, 11) is 0. The summed E-state index contributed by atoms with van der Waals surface area (Å²) < 4.78 is 0. The van der Waals surface area contributed by atoms with E-state index in [4.69, 9.17) is 5.11 Å². The van der Waals surface area contributed by atoms with Crippen LogP contribution in [0.5, 0.6) is 0 Å². The Morgan fingerprint density at radius 2 is 1.93 bits per heavy atom. The molecule has 138 valence electrons. The van der Waals surface area contributed by atoms with Crippen molar-refractivity contribution in [2.24, 2.45) is 0 Å². The minimum atomic E-state index is -0.911. The molecule has 0 saturated heterocycles. The van der Waals surface area contributed by atoms with Gasteiger partial charge in [-0.05, 0) is 70.7 Å². The second-order valence-corrected chi connectivity index (χ2v) is 8.49. The average molecular weight is 359 g/mol. The van der Waals surface area contributed by atoms with Gasteiger partial charge in [-0.2, -0.15) is 0 Å². The van der Waals surface area contributed by atoms with Crippen LogP contribution in [0, 0.1) is 0 Å². The number of H-pyrrole nitrogens is 1. The van der Waals surface area contributed by atoms with Crippen LogP contribution in [0.15, 0.2) is 48.5 Å². The fourth-order valence-corrected chi connectivity index (χ4v) is 3.69. The zero-order valence-electron chi connectivity index (χ0n) is 16.0. The van der Waals surface area contributed by atoms with Gasteiger partial charge in [-0.3, -0.25) is 0 Å². The lowest BCUT2D eigenvalue weighted by atomic mass is 9.86. The number of benzene rings is 2. The van der Waals surface area contributed by atoms with Crippen molar-refractivity contribution in [3.05, 3.63) is 65.2 Å². The first-order valence-corrected chi connectivity index (χ1v) is 9.50. The number of nitrogens with one attached hydrogen (secondary N) is 1. The third kappa shape index (κ3) is 3.55. The van der Waals surface area contributed by atoms with Crippen molar-refractivity contribution in [2.45, 2.75) is 44.9 Å². The van der Waals surface area contributed by atoms with E-state index in [1.54, 1.807) is 6.08 Å². The van der Waals surface area contributed by atoms with Gasteiger partial charge in [0.25, 0.3) is 0 Å². The number of carboxylic acid groups (broad SMARTS) is 1. The minimum Gasteiger partial charge on any atom is -0.478 e. The zero-order valence-corrected chi connectivity index (χ0v) is 16.0. The van der Waals surface area contributed by atoms with E-state index in [9.17, 15) is 4.79 Å². The second kappa shape index (κ2) is 6.41. The molecule has 3 heteroatoms. The van der Waals surface area contributed by atoms with Crippen LogP contribution in [0.1, 0.15) is 56.2 Å². The van der Waals surface area contributed by atoms with E-state index in [2.05, 4.69) is 62.2 Å². The number of hydrogen-bond donors (Lipinski definition) is 2. The Morgan fingerprint density at radius 1 is 1.15 bits per heavy atom. The van der Waals surface area contributed by atoms with Crippen LogP contribution in [-0.2, 0) is 10.2 Å². The summed E-state index contributed by atoms with van der Waals surface area (Å²) in [5, 5.41) is 10.2. The molecule has 1 aliphatic carbocycles. The van der Waals surface area contributed by atoms with Gasteiger partial charge in [0.2, 0.25) is 0 Å². The van der Waals surface area contributed by atoms with E-state index in [0.29, 0.717) is 5.92 Å². The van der Waals surface area contributed by atoms with Crippen LogP contribution in [0.25, 0.3) is 28.2 Å². The molecule has 2 N–H and O–H groups in total. The predicted molar refractivity (Wildman–Crippen MR) is 111 cm³/mol. The molecule has 1 fully saturated rings. The molecule has 4 rings (SSSR count). The Balaban J connectivity index is 1.83. The number of hydrogen-bond acceptors (Lipinski definition) is 1. The van der Waals surface area contributed by atoms with Crippen LogP contribution >= 0.6 is 0 Å². The van der Waals surface area contributed by atoms with E-state index < -0.39 is 5.97 Å². The molecule has 0 radical (unpaired) electrons. The SMILES string of the molecule is CC(C)(C)c1cccc(-c2cc3c(C4CC4)c(/C=C/C(=O)O)ccc3[nH]2)c1. The molecular formula is C24H25NO2. The van der Waals surface area contributed by atoms with Gasteiger partial charge in [0.05, 0.1) is 0 Å². The van der Waals surface area contributed by atoms with Crippen molar-refractivity contribution in [3.63, 3.8) is 0 Å². The molecule has 0 amide bonds. The number of aliphatic carboxylic acids is 1. The number of fused-ring (bicyclic) bond motifs is 1. The summed E-state index contributed by atoms with van der Waals surface area (Å²) in [5.74, 6) is -0.377. The molecular weight excluding hydrogens is 334 g/mol. The highest BCUT2D eigenvalue weighted by Gasteiger charge is 2.28. The molecule has 0 bridgehead atoms. The molecule has 3 aromatic rings. The molecule has 1 aliphatic rings. The fraction of sp³-hybridized carbons (Fsp3) is 0.292. The smallest absolute Gasteiger partial charge is 0.328 e. The van der Waals surface area contributed by atoms with Crippen molar-refractivity contribution >= 4 is 22.9 Å². The highest BCUT2D eigenvalue weighted by atomic mass is 16.4. The first-order chi connectivity index (χ1) is 12.8. The lowest BCUT2D eigenvalue weighted by Gasteiger charge is -2.19. The molecule has 1 heterocycles. The normalized spacial score (nSPS) is 14.9. The van der Waals surface area contributed by atoms with E-state index >= 15 is 0 Å². The largest absolute Gasteiger partial charge is 0.478 e. The van der Waals surface area contributed by atoms with Gasteiger partial charge in [0.15, 0.2) is 0 Å². The average Bonchev–Trinajstić information content (AvgIpc) is 3.36. The number of aromatic amines is 1. The molecule has 0 unspecified atom stereocenters. The van der Waals surface area contributed by atoms with Crippen LogP contribution in [0.4, 0.5) is 0 Å². The number of rotatable bonds is 4. The lowest BCUT2D eigenvalue weighted by Crippen LogP contribution is -2.10. The van der Waals surface area contributed by atoms with Gasteiger partial charge < -0.3 is 10.1 Å². The minimum absolute atomic E-state index is 0.107. The maximum atomic E-state index is 10.9. The Labute approximate surface area is 159 Å². The maximum absolute atomic E-state index is 10.9. The summed E-state index contributed by atoms with van der Waals surface area (Å²) in [6.45, 7) is 6.68. The van der Waals surface area contributed by atoms with Crippen molar-refractivity contribution in [2.75, 3.05) is 0 Å². The molecule has 1 saturated carbocycles. The monoisotopic (exact) mass is 359 g/mol. The summed E-state index contributed by atoms with van der Waals surface area (Å²) >= 11 is 0. The fourth-order valence-electron chi connectivity index (χ4n) is 3.69. The first kappa shape index (κ1) is 17.6. The molecule has 0 aliphatic heterocycles. The highest BCUT2D eigenvalue weighted by molar-refractivity contribution is 5.93. The van der Waals surface area contributed by atoms with Gasteiger partial charge in [-0.1, -0.05) is 45.0 Å². The molecule has 1 aromatic heterocycles. The zero-order chi connectivity index (χ0) is 19.2. The van der Waals surface area contributed by atoms with Gasteiger partial charge in [0, 0.05) is 22.7 Å². The topological polar surface area (TPSA) is 53.1 Å². The van der Waals surface area contributed by atoms with Crippen LogP contribution in [-0.4, -0.2) is 16.1 Å². The van der Waals surface area contributed by atoms with E-state index in [1.165, 1.54) is 41.0 Å². The Kier molecular flexibility index (Phi) is 4.18. The van der Waals surface area contributed by atoms with Crippen LogP contribution < -0.4 is 0 Å². The Morgan fingerprint density at radius 3 is 2.59 bits per heavy atom. The molecule has 0 spiro atoms. The molecule has 3 nitrogen and oxygen atoms in total. The van der Waals surface area contributed by atoms with Gasteiger partial charge in [-0.15, -0.1) is 0 Å². The van der Waals surface area contributed by atoms with Crippen molar-refractivity contribution < 1.29 is 9.90 Å². The summed E-state index contributed by atoms with van der Waals surface area (Å²) in [4.78, 5) is 14.5. The van der Waals surface area contributed by atoms with E-state index in [-0.39, 0.29) is 5.41 Å². The quantitative estimate of drug-likeness (QED) is 0.552. The third-order valence-corrected chi connectivity index (χ3v) is 5.31. The molecule has 2 aromatic carbocycles. The number of carbonyl (C=O) groups is 1. The van der Waals surface area contributed by atoms with Crippen molar-refractivity contribution in [1.82, 2.24) is 4.98 Å². The second-order valence-electron chi connectivity index (χ2n) is 8.49. The highest BCUT2D eigenvalue weighted by Crippen LogP contribution is 2.46. The maximum Gasteiger partial charge on any atom is 0.328 e. The molecule has 27 heavy (non-hydrogen) atoms. The van der Waals surface area contributed by atoms with Gasteiger partial charge in [-0.25, -0.2) is 4.79 Å². The summed E-state index contributed by atoms with van der Waals surface area (Å²) in [6.07, 6.45) is 5.30. The first-order valence-electron chi connectivity index (χ1n) is 9.50. The lowest BCUT2D eigenvalue weighted by molar-refractivity contribution is -0.131. The van der Waals surface area contributed by atoms with Gasteiger partial charge in [0.1, 0.15) is 0 Å². The van der Waals surface area contributed by atoms with E-state index in [0.717, 1.165) is 16.8 Å². The van der Waals surface area contributed by atoms with Crippen molar-refractivity contribution in [1.29, 1.82) is 0 Å². The summed E-state index contributed by atoms with van der Waals surface area (Å²) in [5.41, 5.74) is 7.11. The standard InChI is InChI=1S/C24H25NO2/c1-24(2,3)18-6-4-5-17(13-18)21-14-19-20(25-21)11-9-16(10-12-22(26)27)23(19)15-7-8-15/h4-6,9-15,25H,7-8H2,1-3H3,(H,26,27)/b12-10+. The Bertz CT molecular complexity index is 1050. The van der Waals surface area contributed by atoms with Gasteiger partial charge >= 0.3 is 5.97 Å². The third-order valence-electron chi connectivity index (χ3n) is 5.31.